The van der Waals surface area contributed by atoms with E-state index in [9.17, 15) is 4.79 Å². The van der Waals surface area contributed by atoms with Crippen molar-refractivity contribution < 1.29 is 4.79 Å². The molecule has 0 unspecified atom stereocenters. The van der Waals surface area contributed by atoms with E-state index in [4.69, 9.17) is 5.73 Å². The monoisotopic (exact) mass is 268 g/mol. The van der Waals surface area contributed by atoms with Crippen molar-refractivity contribution in [3.05, 3.63) is 65.2 Å². The highest BCUT2D eigenvalue weighted by Gasteiger charge is 2.10. The van der Waals surface area contributed by atoms with Crippen molar-refractivity contribution in [1.82, 2.24) is 4.90 Å². The van der Waals surface area contributed by atoms with E-state index in [0.717, 1.165) is 12.1 Å². The molecule has 2 aromatic rings. The number of benzene rings is 2. The second-order valence-electron chi connectivity index (χ2n) is 5.15. The largest absolute Gasteiger partial charge is 0.398 e. The first-order chi connectivity index (χ1) is 9.56. The molecule has 20 heavy (non-hydrogen) atoms. The maximum absolute atomic E-state index is 12.2. The number of nitrogens with zero attached hydrogens (tertiary/aromatic N) is 1. The fourth-order valence-corrected chi connectivity index (χ4v) is 2.10. The number of rotatable bonds is 5. The standard InChI is InChI=1S/C17H20N2O/c1-13-8-9-15(10-16(13)18)17(20)12-19(2)11-14-6-4-3-5-7-14/h3-10H,11-12,18H2,1-2H3. The second-order valence-corrected chi connectivity index (χ2v) is 5.15. The first-order valence-electron chi connectivity index (χ1n) is 6.68. The summed E-state index contributed by atoms with van der Waals surface area (Å²) in [6.07, 6.45) is 0. The van der Waals surface area contributed by atoms with Crippen molar-refractivity contribution in [3.8, 4) is 0 Å². The third kappa shape index (κ3) is 3.68. The number of ketones is 1. The molecule has 0 fully saturated rings. The van der Waals surface area contributed by atoms with Crippen LogP contribution in [0.5, 0.6) is 0 Å². The summed E-state index contributed by atoms with van der Waals surface area (Å²) in [4.78, 5) is 14.2. The van der Waals surface area contributed by atoms with Crippen LogP contribution in [0.25, 0.3) is 0 Å². The predicted molar refractivity (Wildman–Crippen MR) is 82.7 cm³/mol. The van der Waals surface area contributed by atoms with Crippen LogP contribution < -0.4 is 5.73 Å². The lowest BCUT2D eigenvalue weighted by molar-refractivity contribution is 0.0943. The molecule has 0 heterocycles. The van der Waals surface area contributed by atoms with Crippen LogP contribution in [-0.2, 0) is 6.54 Å². The SMILES string of the molecule is Cc1ccc(C(=O)CN(C)Cc2ccccc2)cc1N. The Morgan fingerprint density at radius 1 is 1.15 bits per heavy atom. The van der Waals surface area contributed by atoms with Gasteiger partial charge < -0.3 is 5.73 Å². The number of Topliss-reactive ketones (excluding diaryl/α,β-unsaturated/α-hetero) is 1. The Morgan fingerprint density at radius 3 is 2.50 bits per heavy atom. The second kappa shape index (κ2) is 6.35. The summed E-state index contributed by atoms with van der Waals surface area (Å²) in [5.41, 5.74) is 9.39. The number of hydrogen-bond acceptors (Lipinski definition) is 3. The fraction of sp³-hybridized carbons (Fsp3) is 0.235. The number of likely N-dealkylation sites (N-methyl/N-ethyl adjacent to an activating group) is 1. The molecule has 0 bridgehead atoms. The zero-order chi connectivity index (χ0) is 14.5. The van der Waals surface area contributed by atoms with E-state index < -0.39 is 0 Å². The van der Waals surface area contributed by atoms with Crippen molar-refractivity contribution in [2.45, 2.75) is 13.5 Å². The molecular formula is C17H20N2O. The number of carbonyl (C=O) groups excluding carboxylic acids is 1. The molecule has 0 atom stereocenters. The lowest BCUT2D eigenvalue weighted by Gasteiger charge is -2.16. The number of nitrogen functional groups attached to an aromatic ring is 1. The Hall–Kier alpha value is -2.13. The van der Waals surface area contributed by atoms with Gasteiger partial charge in [-0.25, -0.2) is 0 Å². The first-order valence-corrected chi connectivity index (χ1v) is 6.68. The molecule has 2 aromatic carbocycles. The minimum absolute atomic E-state index is 0.0927. The van der Waals surface area contributed by atoms with Crippen LogP contribution in [0.3, 0.4) is 0 Å². The van der Waals surface area contributed by atoms with Gasteiger partial charge in [0.1, 0.15) is 0 Å². The minimum Gasteiger partial charge on any atom is -0.398 e. The van der Waals surface area contributed by atoms with Crippen molar-refractivity contribution in [3.63, 3.8) is 0 Å². The van der Waals surface area contributed by atoms with Crippen molar-refractivity contribution in [1.29, 1.82) is 0 Å². The lowest BCUT2D eigenvalue weighted by atomic mass is 10.1. The minimum atomic E-state index is 0.0927. The number of carbonyl (C=O) groups is 1. The number of nitrogens with two attached hydrogens (primary N) is 1. The van der Waals surface area contributed by atoms with Gasteiger partial charge in [0.2, 0.25) is 0 Å². The highest BCUT2D eigenvalue weighted by molar-refractivity contribution is 5.98. The van der Waals surface area contributed by atoms with E-state index in [1.165, 1.54) is 5.56 Å². The van der Waals surface area contributed by atoms with Crippen molar-refractivity contribution in [2.75, 3.05) is 19.3 Å². The Kier molecular flexibility index (Phi) is 4.53. The van der Waals surface area contributed by atoms with Gasteiger partial charge in [-0.15, -0.1) is 0 Å². The summed E-state index contributed by atoms with van der Waals surface area (Å²) in [6.45, 7) is 3.08. The summed E-state index contributed by atoms with van der Waals surface area (Å²) in [5.74, 6) is 0.0927. The van der Waals surface area contributed by atoms with Gasteiger partial charge in [0.15, 0.2) is 5.78 Å². The van der Waals surface area contributed by atoms with Gasteiger partial charge in [0.25, 0.3) is 0 Å². The summed E-state index contributed by atoms with van der Waals surface area (Å²) in [7, 11) is 1.95. The van der Waals surface area contributed by atoms with Gasteiger partial charge in [-0.1, -0.05) is 42.5 Å². The molecule has 0 spiro atoms. The van der Waals surface area contributed by atoms with E-state index in [1.807, 2.05) is 49.2 Å². The molecular weight excluding hydrogens is 248 g/mol. The highest BCUT2D eigenvalue weighted by atomic mass is 16.1. The number of hydrogen-bond donors (Lipinski definition) is 1. The molecule has 0 aliphatic carbocycles. The lowest BCUT2D eigenvalue weighted by Crippen LogP contribution is -2.25. The first kappa shape index (κ1) is 14.3. The number of aryl methyl sites for hydroxylation is 1. The van der Waals surface area contributed by atoms with Gasteiger partial charge in [-0.3, -0.25) is 9.69 Å². The molecule has 104 valence electrons. The molecule has 0 amide bonds. The average Bonchev–Trinajstić information content (AvgIpc) is 2.42. The van der Waals surface area contributed by atoms with Crippen LogP contribution in [0.4, 0.5) is 5.69 Å². The predicted octanol–water partition coefficient (Wildman–Crippen LogP) is 2.89. The molecule has 0 saturated carbocycles. The molecule has 0 radical (unpaired) electrons. The van der Waals surface area contributed by atoms with Gasteiger partial charge in [0, 0.05) is 17.8 Å². The summed E-state index contributed by atoms with van der Waals surface area (Å²) in [6, 6.07) is 15.6. The average molecular weight is 268 g/mol. The molecule has 3 heteroatoms. The Morgan fingerprint density at radius 2 is 1.85 bits per heavy atom. The third-order valence-corrected chi connectivity index (χ3v) is 3.31. The normalized spacial score (nSPS) is 10.8. The molecule has 0 aromatic heterocycles. The zero-order valence-corrected chi connectivity index (χ0v) is 12.0. The van der Waals surface area contributed by atoms with Crippen LogP contribution in [0.1, 0.15) is 21.5 Å². The maximum atomic E-state index is 12.2. The van der Waals surface area contributed by atoms with Crippen LogP contribution in [-0.4, -0.2) is 24.3 Å². The number of anilines is 1. The van der Waals surface area contributed by atoms with Gasteiger partial charge in [0.05, 0.1) is 6.54 Å². The molecule has 3 nitrogen and oxygen atoms in total. The third-order valence-electron chi connectivity index (χ3n) is 3.31. The molecule has 0 saturated heterocycles. The molecule has 0 aliphatic heterocycles. The Balaban J connectivity index is 1.98. The fourth-order valence-electron chi connectivity index (χ4n) is 2.10. The van der Waals surface area contributed by atoms with Gasteiger partial charge in [-0.05, 0) is 31.2 Å². The topological polar surface area (TPSA) is 46.3 Å². The quantitative estimate of drug-likeness (QED) is 0.670. The van der Waals surface area contributed by atoms with Crippen molar-refractivity contribution >= 4 is 11.5 Å². The summed E-state index contributed by atoms with van der Waals surface area (Å²) < 4.78 is 0. The molecule has 2 rings (SSSR count). The van der Waals surface area contributed by atoms with E-state index >= 15 is 0 Å². The van der Waals surface area contributed by atoms with E-state index in [0.29, 0.717) is 17.8 Å². The van der Waals surface area contributed by atoms with E-state index in [1.54, 1.807) is 6.07 Å². The van der Waals surface area contributed by atoms with E-state index in [2.05, 4.69) is 12.1 Å². The van der Waals surface area contributed by atoms with Crippen LogP contribution in [0.2, 0.25) is 0 Å². The Labute approximate surface area is 120 Å². The van der Waals surface area contributed by atoms with E-state index in [-0.39, 0.29) is 5.78 Å². The summed E-state index contributed by atoms with van der Waals surface area (Å²) in [5, 5.41) is 0. The van der Waals surface area contributed by atoms with Crippen molar-refractivity contribution in [2.24, 2.45) is 0 Å². The smallest absolute Gasteiger partial charge is 0.176 e. The Bertz CT molecular complexity index is 593. The maximum Gasteiger partial charge on any atom is 0.176 e. The van der Waals surface area contributed by atoms with Crippen LogP contribution in [0, 0.1) is 6.92 Å². The van der Waals surface area contributed by atoms with Crippen LogP contribution in [0.15, 0.2) is 48.5 Å². The zero-order valence-electron chi connectivity index (χ0n) is 12.0. The molecule has 0 aliphatic rings. The molecule has 2 N–H and O–H groups in total. The van der Waals surface area contributed by atoms with Gasteiger partial charge in [-0.2, -0.15) is 0 Å². The highest BCUT2D eigenvalue weighted by Crippen LogP contribution is 2.14. The summed E-state index contributed by atoms with van der Waals surface area (Å²) >= 11 is 0. The van der Waals surface area contributed by atoms with Crippen LogP contribution >= 0.6 is 0 Å². The van der Waals surface area contributed by atoms with Gasteiger partial charge >= 0.3 is 0 Å².